The fraction of sp³-hybridized carbons (Fsp3) is 0.364. The number of carbonyl (C=O) groups is 2. The molecule has 1 saturated heterocycles. The molecule has 0 radical (unpaired) electrons. The molecule has 0 spiro atoms. The Kier molecular flexibility index (Phi) is 7.07. The molecule has 1 fully saturated rings. The number of halogens is 1. The molecule has 0 bridgehead atoms. The normalized spacial score (nSPS) is 15.5. The van der Waals surface area contributed by atoms with Gasteiger partial charge in [-0.05, 0) is 49.1 Å². The summed E-state index contributed by atoms with van der Waals surface area (Å²) in [5.41, 5.74) is 1.30. The molecule has 0 aliphatic carbocycles. The summed E-state index contributed by atoms with van der Waals surface area (Å²) < 4.78 is 45.5. The number of piperidine rings is 1. The van der Waals surface area contributed by atoms with Gasteiger partial charge in [0.25, 0.3) is 0 Å². The van der Waals surface area contributed by atoms with Crippen LogP contribution in [0.3, 0.4) is 0 Å². The molecule has 0 unspecified atom stereocenters. The molecule has 0 atom stereocenters. The maximum Gasteiger partial charge on any atom is 0.339 e. The van der Waals surface area contributed by atoms with Crippen LogP contribution < -0.4 is 5.32 Å². The van der Waals surface area contributed by atoms with Gasteiger partial charge < -0.3 is 10.1 Å². The van der Waals surface area contributed by atoms with Gasteiger partial charge in [0.2, 0.25) is 15.9 Å². The number of rotatable bonds is 6. The number of hydrogen-bond acceptors (Lipinski definition) is 5. The number of nitrogens with zero attached hydrogens (tertiary/aromatic N) is 1. The minimum atomic E-state index is -3.90. The molecule has 1 aliphatic heterocycles. The molecule has 0 aromatic heterocycles. The van der Waals surface area contributed by atoms with Crippen molar-refractivity contribution in [1.29, 1.82) is 0 Å². The molecule has 0 saturated carbocycles. The van der Waals surface area contributed by atoms with E-state index in [1.54, 1.807) is 31.2 Å². The Bertz CT molecular complexity index is 1080. The van der Waals surface area contributed by atoms with E-state index in [-0.39, 0.29) is 47.7 Å². The van der Waals surface area contributed by atoms with Crippen LogP contribution in [0.25, 0.3) is 0 Å². The number of methoxy groups -OCH3 is 1. The Morgan fingerprint density at radius 2 is 1.84 bits per heavy atom. The third-order valence-corrected chi connectivity index (χ3v) is 7.38. The lowest BCUT2D eigenvalue weighted by atomic mass is 9.97. The van der Waals surface area contributed by atoms with Crippen LogP contribution in [0.2, 0.25) is 0 Å². The summed E-state index contributed by atoms with van der Waals surface area (Å²) in [6.45, 7) is 2.29. The molecular weight excluding hydrogens is 423 g/mol. The lowest BCUT2D eigenvalue weighted by Crippen LogP contribution is -2.43. The largest absolute Gasteiger partial charge is 0.465 e. The minimum absolute atomic E-state index is 0.0144. The number of hydrogen-bond donors (Lipinski definition) is 1. The van der Waals surface area contributed by atoms with Crippen LogP contribution in [0, 0.1) is 18.7 Å². The van der Waals surface area contributed by atoms with Gasteiger partial charge >= 0.3 is 5.97 Å². The second-order valence-corrected chi connectivity index (χ2v) is 9.37. The SMILES string of the molecule is COC(=O)c1ccccc1S(=O)(=O)N1CCC(C(=O)NCc2ccc(F)c(C)c2)CC1. The summed E-state index contributed by atoms with van der Waals surface area (Å²) in [4.78, 5) is 24.4. The lowest BCUT2D eigenvalue weighted by Gasteiger charge is -2.31. The van der Waals surface area contributed by atoms with Crippen molar-refractivity contribution < 1.29 is 27.1 Å². The molecule has 1 N–H and O–H groups in total. The van der Waals surface area contributed by atoms with Gasteiger partial charge in [-0.25, -0.2) is 17.6 Å². The van der Waals surface area contributed by atoms with Crippen LogP contribution in [0.4, 0.5) is 4.39 Å². The van der Waals surface area contributed by atoms with Crippen molar-refractivity contribution in [2.75, 3.05) is 20.2 Å². The second-order valence-electron chi connectivity index (χ2n) is 7.47. The third-order valence-electron chi connectivity index (χ3n) is 5.42. The lowest BCUT2D eigenvalue weighted by molar-refractivity contribution is -0.126. The van der Waals surface area contributed by atoms with Crippen LogP contribution >= 0.6 is 0 Å². The molecule has 9 heteroatoms. The number of nitrogens with one attached hydrogen (secondary N) is 1. The van der Waals surface area contributed by atoms with Gasteiger partial charge in [-0.3, -0.25) is 4.79 Å². The van der Waals surface area contributed by atoms with E-state index in [2.05, 4.69) is 10.1 Å². The van der Waals surface area contributed by atoms with Gasteiger partial charge in [0.05, 0.1) is 17.6 Å². The van der Waals surface area contributed by atoms with Gasteiger partial charge in [-0.2, -0.15) is 4.31 Å². The highest BCUT2D eigenvalue weighted by Crippen LogP contribution is 2.26. The Hall–Kier alpha value is -2.78. The first-order chi connectivity index (χ1) is 14.7. The van der Waals surface area contributed by atoms with Crippen molar-refractivity contribution in [1.82, 2.24) is 9.62 Å². The van der Waals surface area contributed by atoms with Gasteiger partial charge in [0.15, 0.2) is 0 Å². The van der Waals surface area contributed by atoms with Crippen molar-refractivity contribution in [2.24, 2.45) is 5.92 Å². The predicted molar refractivity (Wildman–Crippen MR) is 112 cm³/mol. The van der Waals surface area contributed by atoms with Gasteiger partial charge in [0.1, 0.15) is 5.82 Å². The summed E-state index contributed by atoms with van der Waals surface area (Å²) in [6, 6.07) is 10.6. The summed E-state index contributed by atoms with van der Waals surface area (Å²) in [5, 5.41) is 2.84. The smallest absolute Gasteiger partial charge is 0.339 e. The number of amides is 1. The van der Waals surface area contributed by atoms with Crippen molar-refractivity contribution in [3.05, 3.63) is 65.0 Å². The Morgan fingerprint density at radius 3 is 2.48 bits per heavy atom. The van der Waals surface area contributed by atoms with Crippen LogP contribution in [0.15, 0.2) is 47.4 Å². The summed E-state index contributed by atoms with van der Waals surface area (Å²) in [7, 11) is -2.70. The van der Waals surface area contributed by atoms with Crippen molar-refractivity contribution in [3.63, 3.8) is 0 Å². The standard InChI is InChI=1S/C22H25FN2O5S/c1-15-13-16(7-8-19(15)23)14-24-21(26)17-9-11-25(12-10-17)31(28,29)20-6-4-3-5-18(20)22(27)30-2/h3-8,13,17H,9-12,14H2,1-2H3,(H,24,26). The predicted octanol–water partition coefficient (Wildman–Crippen LogP) is 2.64. The maximum absolute atomic E-state index is 13.4. The Labute approximate surface area is 181 Å². The van der Waals surface area contributed by atoms with E-state index >= 15 is 0 Å². The van der Waals surface area contributed by atoms with E-state index in [9.17, 15) is 22.4 Å². The fourth-order valence-corrected chi connectivity index (χ4v) is 5.27. The highest BCUT2D eigenvalue weighted by Gasteiger charge is 2.34. The van der Waals surface area contributed by atoms with E-state index in [4.69, 9.17) is 0 Å². The van der Waals surface area contributed by atoms with Gasteiger partial charge in [-0.1, -0.05) is 24.3 Å². The molecule has 1 heterocycles. The maximum atomic E-state index is 13.4. The quantitative estimate of drug-likeness (QED) is 0.686. The molecule has 3 rings (SSSR count). The first-order valence-corrected chi connectivity index (χ1v) is 11.4. The number of aryl methyl sites for hydroxylation is 1. The van der Waals surface area contributed by atoms with Crippen LogP contribution in [0.5, 0.6) is 0 Å². The topological polar surface area (TPSA) is 92.8 Å². The minimum Gasteiger partial charge on any atom is -0.465 e. The van der Waals surface area contributed by atoms with Gasteiger partial charge in [0, 0.05) is 25.6 Å². The van der Waals surface area contributed by atoms with Crippen molar-refractivity contribution >= 4 is 21.9 Å². The number of ether oxygens (including phenoxy) is 1. The van der Waals surface area contributed by atoms with Gasteiger partial charge in [-0.15, -0.1) is 0 Å². The molecule has 1 aliphatic rings. The summed E-state index contributed by atoms with van der Waals surface area (Å²) >= 11 is 0. The number of carbonyl (C=O) groups excluding carboxylic acids is 2. The second kappa shape index (κ2) is 9.57. The molecule has 31 heavy (non-hydrogen) atoms. The first kappa shape index (κ1) is 22.9. The van der Waals surface area contributed by atoms with E-state index < -0.39 is 16.0 Å². The Balaban J connectivity index is 1.61. The highest BCUT2D eigenvalue weighted by atomic mass is 32.2. The van der Waals surface area contributed by atoms with Crippen molar-refractivity contribution in [3.8, 4) is 0 Å². The molecule has 1 amide bonds. The zero-order valence-corrected chi connectivity index (χ0v) is 18.2. The molecule has 2 aromatic carbocycles. The zero-order chi connectivity index (χ0) is 22.6. The monoisotopic (exact) mass is 448 g/mol. The number of esters is 1. The van der Waals surface area contributed by atoms with E-state index in [0.29, 0.717) is 18.4 Å². The van der Waals surface area contributed by atoms with Crippen molar-refractivity contribution in [2.45, 2.75) is 31.2 Å². The molecule has 7 nitrogen and oxygen atoms in total. The fourth-order valence-electron chi connectivity index (χ4n) is 3.62. The number of sulfonamides is 1. The summed E-state index contributed by atoms with van der Waals surface area (Å²) in [5.74, 6) is -1.49. The molecule has 166 valence electrons. The third kappa shape index (κ3) is 5.11. The highest BCUT2D eigenvalue weighted by molar-refractivity contribution is 7.89. The molecule has 2 aromatic rings. The van der Waals surface area contributed by atoms with E-state index in [1.807, 2.05) is 0 Å². The van der Waals surface area contributed by atoms with Crippen LogP contribution in [0.1, 0.15) is 34.3 Å². The average molecular weight is 449 g/mol. The van der Waals surface area contributed by atoms with E-state index in [1.165, 1.54) is 29.6 Å². The van der Waals surface area contributed by atoms with Crippen LogP contribution in [-0.4, -0.2) is 44.8 Å². The zero-order valence-electron chi connectivity index (χ0n) is 17.4. The average Bonchev–Trinajstić information content (AvgIpc) is 2.79. The van der Waals surface area contributed by atoms with Crippen LogP contribution in [-0.2, 0) is 26.1 Å². The molecular formula is C22H25FN2O5S. The first-order valence-electron chi connectivity index (χ1n) is 9.94. The Morgan fingerprint density at radius 1 is 1.16 bits per heavy atom. The number of benzene rings is 2. The summed E-state index contributed by atoms with van der Waals surface area (Å²) in [6.07, 6.45) is 0.738. The van der Waals surface area contributed by atoms with E-state index in [0.717, 1.165) is 5.56 Å².